The van der Waals surface area contributed by atoms with Crippen LogP contribution >= 0.6 is 23.1 Å². The molecule has 0 bridgehead atoms. The van der Waals surface area contributed by atoms with Crippen molar-refractivity contribution in [2.24, 2.45) is 4.99 Å². The third-order valence-corrected chi connectivity index (χ3v) is 4.74. The quantitative estimate of drug-likeness (QED) is 0.553. The van der Waals surface area contributed by atoms with Gasteiger partial charge in [0.15, 0.2) is 5.17 Å². The highest BCUT2D eigenvalue weighted by Crippen LogP contribution is 2.38. The predicted octanol–water partition coefficient (Wildman–Crippen LogP) is 5.92. The lowest BCUT2D eigenvalue weighted by Gasteiger charge is -2.19. The SMILES string of the molecule is CSC(=NC(C)(C)C)Nc1c(C(C)C)csc1C(C)C. The van der Waals surface area contributed by atoms with Gasteiger partial charge >= 0.3 is 0 Å². The number of nitrogens with zero attached hydrogens (tertiary/aromatic N) is 1. The molecule has 1 aromatic heterocycles. The van der Waals surface area contributed by atoms with Crippen LogP contribution in [0.3, 0.4) is 0 Å². The van der Waals surface area contributed by atoms with Crippen molar-refractivity contribution in [3.8, 4) is 0 Å². The van der Waals surface area contributed by atoms with Gasteiger partial charge in [0.2, 0.25) is 0 Å². The zero-order valence-electron chi connectivity index (χ0n) is 14.0. The summed E-state index contributed by atoms with van der Waals surface area (Å²) in [5, 5.41) is 6.88. The Morgan fingerprint density at radius 2 is 1.80 bits per heavy atom. The van der Waals surface area contributed by atoms with E-state index in [2.05, 4.69) is 65.4 Å². The normalized spacial score (nSPS) is 13.4. The average molecular weight is 313 g/mol. The van der Waals surface area contributed by atoms with E-state index in [0.29, 0.717) is 11.8 Å². The van der Waals surface area contributed by atoms with E-state index in [4.69, 9.17) is 4.99 Å². The summed E-state index contributed by atoms with van der Waals surface area (Å²) in [4.78, 5) is 6.20. The highest BCUT2D eigenvalue weighted by molar-refractivity contribution is 8.13. The van der Waals surface area contributed by atoms with Crippen LogP contribution in [0, 0.1) is 0 Å². The second kappa shape index (κ2) is 6.99. The van der Waals surface area contributed by atoms with Crippen molar-refractivity contribution in [1.82, 2.24) is 0 Å². The van der Waals surface area contributed by atoms with Crippen molar-refractivity contribution in [2.75, 3.05) is 11.6 Å². The van der Waals surface area contributed by atoms with Gasteiger partial charge in [-0.3, -0.25) is 4.99 Å². The van der Waals surface area contributed by atoms with E-state index in [1.165, 1.54) is 16.1 Å². The monoisotopic (exact) mass is 312 g/mol. The van der Waals surface area contributed by atoms with Crippen molar-refractivity contribution < 1.29 is 0 Å². The Morgan fingerprint density at radius 1 is 1.20 bits per heavy atom. The molecule has 4 heteroatoms. The first kappa shape index (κ1) is 17.6. The summed E-state index contributed by atoms with van der Waals surface area (Å²) in [6.45, 7) is 15.4. The minimum atomic E-state index is -0.0582. The van der Waals surface area contributed by atoms with E-state index in [-0.39, 0.29) is 5.54 Å². The maximum atomic E-state index is 4.78. The summed E-state index contributed by atoms with van der Waals surface area (Å²) >= 11 is 3.54. The van der Waals surface area contributed by atoms with E-state index in [1.807, 2.05) is 11.3 Å². The molecule has 20 heavy (non-hydrogen) atoms. The second-order valence-corrected chi connectivity index (χ2v) is 8.36. The zero-order valence-corrected chi connectivity index (χ0v) is 15.6. The topological polar surface area (TPSA) is 24.4 Å². The van der Waals surface area contributed by atoms with Crippen LogP contribution in [-0.2, 0) is 0 Å². The van der Waals surface area contributed by atoms with Crippen LogP contribution in [0.15, 0.2) is 10.4 Å². The summed E-state index contributed by atoms with van der Waals surface area (Å²) in [6, 6.07) is 0. The van der Waals surface area contributed by atoms with Crippen molar-refractivity contribution in [3.63, 3.8) is 0 Å². The molecule has 1 heterocycles. The molecule has 0 aliphatic carbocycles. The molecule has 1 N–H and O–H groups in total. The Kier molecular flexibility index (Phi) is 6.14. The maximum Gasteiger partial charge on any atom is 0.161 e. The Labute approximate surface area is 132 Å². The summed E-state index contributed by atoms with van der Waals surface area (Å²) < 4.78 is 0. The molecule has 0 amide bonds. The highest BCUT2D eigenvalue weighted by atomic mass is 32.2. The van der Waals surface area contributed by atoms with E-state index in [1.54, 1.807) is 11.8 Å². The van der Waals surface area contributed by atoms with Crippen LogP contribution < -0.4 is 5.32 Å². The molecule has 0 saturated heterocycles. The lowest BCUT2D eigenvalue weighted by Crippen LogP contribution is -2.18. The molecule has 0 radical (unpaired) electrons. The molecule has 114 valence electrons. The van der Waals surface area contributed by atoms with Gasteiger partial charge in [-0.25, -0.2) is 0 Å². The fourth-order valence-corrected chi connectivity index (χ4v) is 3.68. The number of hydrogen-bond donors (Lipinski definition) is 1. The number of anilines is 1. The Bertz CT molecular complexity index is 440. The largest absolute Gasteiger partial charge is 0.334 e. The number of rotatable bonds is 3. The molecule has 0 saturated carbocycles. The summed E-state index contributed by atoms with van der Waals surface area (Å²) in [6.07, 6.45) is 2.08. The Hall–Kier alpha value is -0.480. The number of nitrogens with one attached hydrogen (secondary N) is 1. The van der Waals surface area contributed by atoms with Gasteiger partial charge < -0.3 is 5.32 Å². The van der Waals surface area contributed by atoms with E-state index < -0.39 is 0 Å². The molecule has 0 unspecified atom stereocenters. The summed E-state index contributed by atoms with van der Waals surface area (Å²) in [5.74, 6) is 1.06. The highest BCUT2D eigenvalue weighted by Gasteiger charge is 2.18. The van der Waals surface area contributed by atoms with Crippen LogP contribution in [0.4, 0.5) is 5.69 Å². The van der Waals surface area contributed by atoms with Gasteiger partial charge in [0.25, 0.3) is 0 Å². The third kappa shape index (κ3) is 4.81. The molecule has 2 nitrogen and oxygen atoms in total. The first-order valence-electron chi connectivity index (χ1n) is 7.17. The van der Waals surface area contributed by atoms with Gasteiger partial charge in [-0.15, -0.1) is 11.3 Å². The molecule has 0 fully saturated rings. The lowest BCUT2D eigenvalue weighted by atomic mass is 10.0. The fraction of sp³-hybridized carbons (Fsp3) is 0.688. The van der Waals surface area contributed by atoms with E-state index in [9.17, 15) is 0 Å². The van der Waals surface area contributed by atoms with Crippen LogP contribution in [0.1, 0.15) is 70.7 Å². The number of aliphatic imine (C=N–C) groups is 1. The van der Waals surface area contributed by atoms with Crippen LogP contribution in [0.5, 0.6) is 0 Å². The second-order valence-electron chi connectivity index (χ2n) is 6.66. The molecule has 1 aromatic rings. The molecular formula is C16H28N2S2. The predicted molar refractivity (Wildman–Crippen MR) is 96.8 cm³/mol. The molecule has 0 spiro atoms. The van der Waals surface area contributed by atoms with E-state index in [0.717, 1.165) is 5.17 Å². The van der Waals surface area contributed by atoms with E-state index >= 15 is 0 Å². The smallest absolute Gasteiger partial charge is 0.161 e. The van der Waals surface area contributed by atoms with Crippen molar-refractivity contribution in [1.29, 1.82) is 0 Å². The fourth-order valence-electron chi connectivity index (χ4n) is 1.91. The molecular weight excluding hydrogens is 284 g/mol. The maximum absolute atomic E-state index is 4.78. The molecule has 0 aliphatic rings. The molecule has 0 aromatic carbocycles. The Balaban J connectivity index is 3.17. The number of hydrogen-bond acceptors (Lipinski definition) is 3. The molecule has 1 rings (SSSR count). The van der Waals surface area contributed by atoms with Crippen LogP contribution in [-0.4, -0.2) is 17.0 Å². The minimum Gasteiger partial charge on any atom is -0.334 e. The standard InChI is InChI=1S/C16H28N2S2/c1-10(2)12-9-20-14(11(3)4)13(12)17-15(19-8)18-16(5,6)7/h9-11H,1-8H3,(H,17,18). The van der Waals surface area contributed by atoms with Crippen molar-refractivity contribution >= 4 is 34.0 Å². The first-order valence-corrected chi connectivity index (χ1v) is 9.28. The van der Waals surface area contributed by atoms with Crippen molar-refractivity contribution in [3.05, 3.63) is 15.8 Å². The van der Waals surface area contributed by atoms with Crippen LogP contribution in [0.2, 0.25) is 0 Å². The van der Waals surface area contributed by atoms with Gasteiger partial charge in [0.05, 0.1) is 11.2 Å². The summed E-state index contributed by atoms with van der Waals surface area (Å²) in [5.41, 5.74) is 2.61. The average Bonchev–Trinajstić information content (AvgIpc) is 2.70. The van der Waals surface area contributed by atoms with Gasteiger partial charge in [0, 0.05) is 4.88 Å². The van der Waals surface area contributed by atoms with Crippen LogP contribution in [0.25, 0.3) is 0 Å². The first-order chi connectivity index (χ1) is 9.15. The Morgan fingerprint density at radius 3 is 2.20 bits per heavy atom. The van der Waals surface area contributed by atoms with Gasteiger partial charge in [-0.1, -0.05) is 39.5 Å². The van der Waals surface area contributed by atoms with Gasteiger partial charge in [-0.05, 0) is 49.8 Å². The molecule has 0 aliphatic heterocycles. The van der Waals surface area contributed by atoms with Crippen molar-refractivity contribution in [2.45, 2.75) is 65.8 Å². The number of thioether (sulfide) groups is 1. The van der Waals surface area contributed by atoms with Gasteiger partial charge in [0.1, 0.15) is 0 Å². The zero-order chi connectivity index (χ0) is 15.5. The number of amidine groups is 1. The summed E-state index contributed by atoms with van der Waals surface area (Å²) in [7, 11) is 0. The lowest BCUT2D eigenvalue weighted by molar-refractivity contribution is 0.585. The third-order valence-electron chi connectivity index (χ3n) is 2.86. The number of thiophene rings is 1. The van der Waals surface area contributed by atoms with Gasteiger partial charge in [-0.2, -0.15) is 0 Å². The minimum absolute atomic E-state index is 0.0582. The molecule has 0 atom stereocenters.